The van der Waals surface area contributed by atoms with Crippen LogP contribution in [-0.2, 0) is 11.2 Å². The molecule has 0 spiro atoms. The van der Waals surface area contributed by atoms with Gasteiger partial charge in [0, 0.05) is 6.54 Å². The van der Waals surface area contributed by atoms with Crippen LogP contribution in [0.2, 0.25) is 5.02 Å². The van der Waals surface area contributed by atoms with Crippen molar-refractivity contribution < 1.29 is 18.7 Å². The molecule has 1 aliphatic rings. The van der Waals surface area contributed by atoms with E-state index in [1.165, 1.54) is 25.3 Å². The fourth-order valence-electron chi connectivity index (χ4n) is 3.50. The Kier molecular flexibility index (Phi) is 5.28. The molecule has 136 valence electrons. The van der Waals surface area contributed by atoms with Crippen molar-refractivity contribution in [3.63, 3.8) is 0 Å². The number of methoxy groups -OCH3 is 1. The molecule has 1 aliphatic carbocycles. The van der Waals surface area contributed by atoms with Gasteiger partial charge in [-0.05, 0) is 55.2 Å². The number of hydrogen-bond donors (Lipinski definition) is 0. The fourth-order valence-corrected chi connectivity index (χ4v) is 3.74. The summed E-state index contributed by atoms with van der Waals surface area (Å²) in [6, 6.07) is 9.34. The molecule has 0 fully saturated rings. The number of rotatable bonds is 4. The van der Waals surface area contributed by atoms with Gasteiger partial charge in [-0.15, -0.1) is 0 Å². The van der Waals surface area contributed by atoms with E-state index in [9.17, 15) is 14.0 Å². The summed E-state index contributed by atoms with van der Waals surface area (Å²) in [5.41, 5.74) is 2.29. The smallest absolute Gasteiger partial charge is 0.337 e. The third-order valence-electron chi connectivity index (χ3n) is 4.77. The topological polar surface area (TPSA) is 46.6 Å². The van der Waals surface area contributed by atoms with E-state index in [4.69, 9.17) is 16.3 Å². The molecule has 0 aliphatic heterocycles. The van der Waals surface area contributed by atoms with Gasteiger partial charge in [-0.3, -0.25) is 4.79 Å². The summed E-state index contributed by atoms with van der Waals surface area (Å²) in [5, 5.41) is 0.0926. The summed E-state index contributed by atoms with van der Waals surface area (Å²) >= 11 is 6.07. The van der Waals surface area contributed by atoms with Crippen molar-refractivity contribution in [3.05, 3.63) is 69.5 Å². The highest BCUT2D eigenvalue weighted by molar-refractivity contribution is 6.33. The molecule has 0 unspecified atom stereocenters. The molecule has 0 heterocycles. The van der Waals surface area contributed by atoms with Crippen molar-refractivity contribution in [1.29, 1.82) is 0 Å². The van der Waals surface area contributed by atoms with Gasteiger partial charge in [0.25, 0.3) is 5.91 Å². The molecule has 1 atom stereocenters. The number of benzene rings is 2. The van der Waals surface area contributed by atoms with E-state index in [1.807, 2.05) is 13.0 Å². The van der Waals surface area contributed by atoms with Gasteiger partial charge in [-0.1, -0.05) is 23.7 Å². The maximum Gasteiger partial charge on any atom is 0.337 e. The Morgan fingerprint density at radius 1 is 1.31 bits per heavy atom. The number of esters is 1. The molecule has 26 heavy (non-hydrogen) atoms. The third kappa shape index (κ3) is 3.19. The number of amides is 1. The monoisotopic (exact) mass is 375 g/mol. The second-order valence-corrected chi connectivity index (χ2v) is 6.55. The van der Waals surface area contributed by atoms with Gasteiger partial charge < -0.3 is 9.64 Å². The molecular weight excluding hydrogens is 357 g/mol. The van der Waals surface area contributed by atoms with Crippen LogP contribution in [0.3, 0.4) is 0 Å². The van der Waals surface area contributed by atoms with Gasteiger partial charge in [0.15, 0.2) is 0 Å². The fraction of sp³-hybridized carbons (Fsp3) is 0.300. The molecular formula is C20H19ClFNO3. The van der Waals surface area contributed by atoms with Crippen LogP contribution in [-0.4, -0.2) is 30.4 Å². The maximum atomic E-state index is 14.2. The average molecular weight is 376 g/mol. The van der Waals surface area contributed by atoms with Crippen molar-refractivity contribution in [2.45, 2.75) is 25.8 Å². The first-order valence-corrected chi connectivity index (χ1v) is 8.81. The first-order valence-electron chi connectivity index (χ1n) is 8.44. The van der Waals surface area contributed by atoms with E-state index in [-0.39, 0.29) is 16.6 Å². The maximum absolute atomic E-state index is 14.2. The molecule has 0 saturated carbocycles. The molecule has 4 nitrogen and oxygen atoms in total. The highest BCUT2D eigenvalue weighted by atomic mass is 35.5. The van der Waals surface area contributed by atoms with Crippen molar-refractivity contribution in [2.75, 3.05) is 13.7 Å². The number of ether oxygens (including phenoxy) is 1. The van der Waals surface area contributed by atoms with Crippen LogP contribution >= 0.6 is 11.6 Å². The van der Waals surface area contributed by atoms with Gasteiger partial charge in [-0.25, -0.2) is 9.18 Å². The minimum Gasteiger partial charge on any atom is -0.465 e. The number of carbonyl (C=O) groups is 2. The van der Waals surface area contributed by atoms with E-state index in [0.29, 0.717) is 18.5 Å². The minimum absolute atomic E-state index is 0.0926. The Morgan fingerprint density at radius 3 is 2.73 bits per heavy atom. The zero-order valence-electron chi connectivity index (χ0n) is 14.6. The molecule has 1 amide bonds. The molecule has 2 aromatic rings. The molecule has 0 radical (unpaired) electrons. The van der Waals surface area contributed by atoms with Crippen LogP contribution in [0.4, 0.5) is 4.39 Å². The Bertz CT molecular complexity index is 848. The number of carbonyl (C=O) groups excluding carboxylic acids is 2. The summed E-state index contributed by atoms with van der Waals surface area (Å²) in [4.78, 5) is 26.4. The van der Waals surface area contributed by atoms with Crippen LogP contribution in [0, 0.1) is 5.82 Å². The van der Waals surface area contributed by atoms with E-state index < -0.39 is 17.7 Å². The van der Waals surface area contributed by atoms with Gasteiger partial charge >= 0.3 is 5.97 Å². The standard InChI is InChI=1S/C20H19ClFNO3/c1-3-23(19(24)18-15(21)5-4-6-16(18)22)17-10-9-12-7-8-13(11-14(12)17)20(25)26-2/h4-8,11,17H,3,9-10H2,1-2H3/t17-/m1/s1. The Balaban J connectivity index is 1.99. The van der Waals surface area contributed by atoms with Crippen LogP contribution in [0.25, 0.3) is 0 Å². The lowest BCUT2D eigenvalue weighted by atomic mass is 10.0. The molecule has 0 bridgehead atoms. The highest BCUT2D eigenvalue weighted by Gasteiger charge is 2.33. The number of hydrogen-bond acceptors (Lipinski definition) is 3. The average Bonchev–Trinajstić information content (AvgIpc) is 3.04. The Morgan fingerprint density at radius 2 is 2.08 bits per heavy atom. The zero-order valence-corrected chi connectivity index (χ0v) is 15.3. The lowest BCUT2D eigenvalue weighted by Crippen LogP contribution is -2.34. The first-order chi connectivity index (χ1) is 12.5. The van der Waals surface area contributed by atoms with Gasteiger partial charge in [0.2, 0.25) is 0 Å². The van der Waals surface area contributed by atoms with Crippen LogP contribution in [0.1, 0.15) is 51.2 Å². The number of fused-ring (bicyclic) bond motifs is 1. The number of aryl methyl sites for hydroxylation is 1. The molecule has 0 N–H and O–H groups in total. The minimum atomic E-state index is -0.637. The number of halogens is 2. The van der Waals surface area contributed by atoms with Crippen LogP contribution < -0.4 is 0 Å². The Labute approximate surface area is 156 Å². The zero-order chi connectivity index (χ0) is 18.8. The van der Waals surface area contributed by atoms with Gasteiger partial charge in [0.1, 0.15) is 5.82 Å². The van der Waals surface area contributed by atoms with Gasteiger partial charge in [-0.2, -0.15) is 0 Å². The predicted octanol–water partition coefficient (Wildman–Crippen LogP) is 4.42. The van der Waals surface area contributed by atoms with Crippen molar-refractivity contribution in [3.8, 4) is 0 Å². The molecule has 0 aromatic heterocycles. The lowest BCUT2D eigenvalue weighted by Gasteiger charge is -2.29. The molecule has 2 aromatic carbocycles. The number of nitrogens with zero attached hydrogens (tertiary/aromatic N) is 1. The molecule has 3 rings (SSSR count). The van der Waals surface area contributed by atoms with Gasteiger partial charge in [0.05, 0.1) is 29.3 Å². The normalized spacial score (nSPS) is 15.5. The summed E-state index contributed by atoms with van der Waals surface area (Å²) < 4.78 is 19.0. The summed E-state index contributed by atoms with van der Waals surface area (Å²) in [6.45, 7) is 2.24. The second-order valence-electron chi connectivity index (χ2n) is 6.15. The summed E-state index contributed by atoms with van der Waals surface area (Å²) in [5.74, 6) is -1.51. The van der Waals surface area contributed by atoms with Crippen LogP contribution in [0.5, 0.6) is 0 Å². The quantitative estimate of drug-likeness (QED) is 0.743. The van der Waals surface area contributed by atoms with Crippen molar-refractivity contribution >= 4 is 23.5 Å². The predicted molar refractivity (Wildman–Crippen MR) is 97.0 cm³/mol. The molecule has 0 saturated heterocycles. The largest absolute Gasteiger partial charge is 0.465 e. The van der Waals surface area contributed by atoms with Crippen LogP contribution in [0.15, 0.2) is 36.4 Å². The van der Waals surface area contributed by atoms with E-state index in [2.05, 4.69) is 0 Å². The van der Waals surface area contributed by atoms with E-state index >= 15 is 0 Å². The highest BCUT2D eigenvalue weighted by Crippen LogP contribution is 2.38. The Hall–Kier alpha value is -2.40. The first kappa shape index (κ1) is 18.4. The molecule has 6 heteroatoms. The SMILES string of the molecule is CCN(C(=O)c1c(F)cccc1Cl)[C@@H]1CCc2ccc(C(=O)OC)cc21. The summed E-state index contributed by atoms with van der Waals surface area (Å²) in [6.07, 6.45) is 1.50. The second kappa shape index (κ2) is 7.46. The van der Waals surface area contributed by atoms with E-state index in [0.717, 1.165) is 17.5 Å². The summed E-state index contributed by atoms with van der Waals surface area (Å²) in [7, 11) is 1.33. The van der Waals surface area contributed by atoms with Crippen molar-refractivity contribution in [1.82, 2.24) is 4.90 Å². The third-order valence-corrected chi connectivity index (χ3v) is 5.08. The van der Waals surface area contributed by atoms with E-state index in [1.54, 1.807) is 17.0 Å². The van der Waals surface area contributed by atoms with Crippen molar-refractivity contribution in [2.24, 2.45) is 0 Å². The lowest BCUT2D eigenvalue weighted by molar-refractivity contribution is 0.0600.